The number of rotatable bonds is 6. The number of anilines is 2. The molecule has 2 aromatic carbocycles. The molecule has 0 saturated carbocycles. The summed E-state index contributed by atoms with van der Waals surface area (Å²) in [5, 5.41) is 2.98. The number of para-hydroxylation sites is 1. The number of amides is 1. The molecule has 0 spiro atoms. The van der Waals surface area contributed by atoms with Gasteiger partial charge in [0.25, 0.3) is 0 Å². The van der Waals surface area contributed by atoms with Crippen molar-refractivity contribution in [3.63, 3.8) is 0 Å². The predicted octanol–water partition coefficient (Wildman–Crippen LogP) is 3.39. The molecule has 1 amide bonds. The van der Waals surface area contributed by atoms with Crippen molar-refractivity contribution in [3.05, 3.63) is 60.2 Å². The molecule has 132 valence electrons. The Labute approximate surface area is 150 Å². The monoisotopic (exact) mass is 337 g/mol. The van der Waals surface area contributed by atoms with Gasteiger partial charge in [-0.25, -0.2) is 0 Å². The molecule has 1 atom stereocenters. The largest absolute Gasteiger partial charge is 0.371 e. The van der Waals surface area contributed by atoms with Crippen LogP contribution < -0.4 is 10.2 Å². The van der Waals surface area contributed by atoms with Gasteiger partial charge >= 0.3 is 0 Å². The molecule has 1 aliphatic rings. The molecule has 25 heavy (non-hydrogen) atoms. The maximum absolute atomic E-state index is 12.2. The first-order chi connectivity index (χ1) is 12.1. The van der Waals surface area contributed by atoms with Crippen LogP contribution in [0.3, 0.4) is 0 Å². The molecule has 2 aromatic rings. The number of benzene rings is 2. The highest BCUT2D eigenvalue weighted by atomic mass is 16.2. The van der Waals surface area contributed by atoms with Crippen LogP contribution in [0.25, 0.3) is 0 Å². The minimum absolute atomic E-state index is 0.0472. The number of aryl methyl sites for hydroxylation is 1. The first-order valence-electron chi connectivity index (χ1n) is 8.95. The zero-order chi connectivity index (χ0) is 17.6. The number of carbonyl (C=O) groups is 1. The Bertz CT molecular complexity index is 701. The maximum Gasteiger partial charge on any atom is 0.238 e. The summed E-state index contributed by atoms with van der Waals surface area (Å²) >= 11 is 0. The van der Waals surface area contributed by atoms with E-state index in [4.69, 9.17) is 0 Å². The quantitative estimate of drug-likeness (QED) is 0.878. The standard InChI is InChI=1S/C21H27N3O/c1-17-7-6-8-19(13-17)22-21(25)16-23(2)14-18-11-12-24(15-18)20-9-4-3-5-10-20/h3-10,13,18H,11-12,14-16H2,1-2H3,(H,22,25). The van der Waals surface area contributed by atoms with Crippen LogP contribution in [0.1, 0.15) is 12.0 Å². The molecular weight excluding hydrogens is 310 g/mol. The highest BCUT2D eigenvalue weighted by Gasteiger charge is 2.24. The molecule has 4 heteroatoms. The minimum Gasteiger partial charge on any atom is -0.371 e. The van der Waals surface area contributed by atoms with Gasteiger partial charge in [0.05, 0.1) is 6.54 Å². The Hall–Kier alpha value is -2.33. The maximum atomic E-state index is 12.2. The van der Waals surface area contributed by atoms with Gasteiger partial charge in [0.2, 0.25) is 5.91 Å². The van der Waals surface area contributed by atoms with E-state index in [2.05, 4.69) is 45.4 Å². The van der Waals surface area contributed by atoms with Crippen molar-refractivity contribution in [2.45, 2.75) is 13.3 Å². The van der Waals surface area contributed by atoms with Crippen molar-refractivity contribution in [3.8, 4) is 0 Å². The van der Waals surface area contributed by atoms with E-state index >= 15 is 0 Å². The Morgan fingerprint density at radius 2 is 2.00 bits per heavy atom. The van der Waals surface area contributed by atoms with Crippen LogP contribution >= 0.6 is 0 Å². The Kier molecular flexibility index (Phi) is 5.71. The van der Waals surface area contributed by atoms with Gasteiger partial charge in [-0.15, -0.1) is 0 Å². The van der Waals surface area contributed by atoms with E-state index < -0.39 is 0 Å². The van der Waals surface area contributed by atoms with E-state index in [0.29, 0.717) is 12.5 Å². The van der Waals surface area contributed by atoms with Crippen molar-refractivity contribution in [1.82, 2.24) is 4.90 Å². The predicted molar refractivity (Wildman–Crippen MR) is 104 cm³/mol. The normalized spacial score (nSPS) is 17.1. The molecule has 0 radical (unpaired) electrons. The second-order valence-electron chi connectivity index (χ2n) is 7.05. The summed E-state index contributed by atoms with van der Waals surface area (Å²) in [5.74, 6) is 0.656. The molecular formula is C21H27N3O. The summed E-state index contributed by atoms with van der Waals surface area (Å²) < 4.78 is 0. The fourth-order valence-electron chi connectivity index (χ4n) is 3.53. The summed E-state index contributed by atoms with van der Waals surface area (Å²) in [6, 6.07) is 18.5. The van der Waals surface area contributed by atoms with Crippen molar-refractivity contribution >= 4 is 17.3 Å². The van der Waals surface area contributed by atoms with E-state index in [0.717, 1.165) is 30.9 Å². The number of carbonyl (C=O) groups excluding carboxylic acids is 1. The van der Waals surface area contributed by atoms with Crippen molar-refractivity contribution in [2.75, 3.05) is 43.4 Å². The summed E-state index contributed by atoms with van der Waals surface area (Å²) in [6.07, 6.45) is 1.18. The third-order valence-corrected chi connectivity index (χ3v) is 4.69. The molecule has 1 heterocycles. The van der Waals surface area contributed by atoms with Crippen LogP contribution in [-0.4, -0.2) is 44.0 Å². The van der Waals surface area contributed by atoms with E-state index in [9.17, 15) is 4.79 Å². The minimum atomic E-state index is 0.0472. The average Bonchev–Trinajstić information content (AvgIpc) is 3.03. The topological polar surface area (TPSA) is 35.6 Å². The van der Waals surface area contributed by atoms with Crippen LogP contribution in [0.4, 0.5) is 11.4 Å². The van der Waals surface area contributed by atoms with Gasteiger partial charge in [0, 0.05) is 31.0 Å². The lowest BCUT2D eigenvalue weighted by atomic mass is 10.1. The molecule has 4 nitrogen and oxygen atoms in total. The van der Waals surface area contributed by atoms with E-state index in [1.807, 2.05) is 38.2 Å². The lowest BCUT2D eigenvalue weighted by molar-refractivity contribution is -0.117. The lowest BCUT2D eigenvalue weighted by Crippen LogP contribution is -2.34. The fraction of sp³-hybridized carbons (Fsp3) is 0.381. The lowest BCUT2D eigenvalue weighted by Gasteiger charge is -2.22. The molecule has 1 aliphatic heterocycles. The van der Waals surface area contributed by atoms with Crippen molar-refractivity contribution in [1.29, 1.82) is 0 Å². The number of hydrogen-bond acceptors (Lipinski definition) is 3. The summed E-state index contributed by atoms with van der Waals surface area (Å²) in [5.41, 5.74) is 3.32. The molecule has 0 aromatic heterocycles. The Balaban J connectivity index is 1.45. The van der Waals surface area contributed by atoms with Gasteiger partial charge in [0.15, 0.2) is 0 Å². The molecule has 0 aliphatic carbocycles. The number of hydrogen-bond donors (Lipinski definition) is 1. The van der Waals surface area contributed by atoms with Gasteiger partial charge in [-0.1, -0.05) is 30.3 Å². The first kappa shape index (κ1) is 17.5. The highest BCUT2D eigenvalue weighted by molar-refractivity contribution is 5.92. The first-order valence-corrected chi connectivity index (χ1v) is 8.95. The Morgan fingerprint density at radius 3 is 2.76 bits per heavy atom. The Morgan fingerprint density at radius 1 is 1.20 bits per heavy atom. The number of nitrogens with zero attached hydrogens (tertiary/aromatic N) is 2. The molecule has 0 bridgehead atoms. The molecule has 3 rings (SSSR count). The summed E-state index contributed by atoms with van der Waals surface area (Å²) in [6.45, 7) is 5.56. The van der Waals surface area contributed by atoms with Crippen molar-refractivity contribution in [2.24, 2.45) is 5.92 Å². The van der Waals surface area contributed by atoms with Crippen LogP contribution in [0.15, 0.2) is 54.6 Å². The SMILES string of the molecule is Cc1cccc(NC(=O)CN(C)CC2CCN(c3ccccc3)C2)c1. The second kappa shape index (κ2) is 8.17. The van der Waals surface area contributed by atoms with Gasteiger partial charge in [-0.05, 0) is 56.1 Å². The summed E-state index contributed by atoms with van der Waals surface area (Å²) in [4.78, 5) is 16.8. The average molecular weight is 337 g/mol. The van der Waals surface area contributed by atoms with Crippen LogP contribution in [0.2, 0.25) is 0 Å². The van der Waals surface area contributed by atoms with E-state index in [1.165, 1.54) is 12.1 Å². The van der Waals surface area contributed by atoms with Gasteiger partial charge in [-0.3, -0.25) is 9.69 Å². The zero-order valence-electron chi connectivity index (χ0n) is 15.1. The third-order valence-electron chi connectivity index (χ3n) is 4.69. The number of nitrogens with one attached hydrogen (secondary N) is 1. The van der Waals surface area contributed by atoms with E-state index in [1.54, 1.807) is 0 Å². The molecule has 1 fully saturated rings. The van der Waals surface area contributed by atoms with Crippen LogP contribution in [0.5, 0.6) is 0 Å². The van der Waals surface area contributed by atoms with E-state index in [-0.39, 0.29) is 5.91 Å². The fourth-order valence-corrected chi connectivity index (χ4v) is 3.53. The smallest absolute Gasteiger partial charge is 0.238 e. The number of likely N-dealkylation sites (N-methyl/N-ethyl adjacent to an activating group) is 1. The van der Waals surface area contributed by atoms with Crippen LogP contribution in [-0.2, 0) is 4.79 Å². The third kappa shape index (κ3) is 5.07. The van der Waals surface area contributed by atoms with Crippen LogP contribution in [0, 0.1) is 12.8 Å². The summed E-state index contributed by atoms with van der Waals surface area (Å²) in [7, 11) is 2.03. The molecule has 1 unspecified atom stereocenters. The van der Waals surface area contributed by atoms with Gasteiger partial charge in [0.1, 0.15) is 0 Å². The van der Waals surface area contributed by atoms with Gasteiger partial charge < -0.3 is 10.2 Å². The van der Waals surface area contributed by atoms with Gasteiger partial charge in [-0.2, -0.15) is 0 Å². The van der Waals surface area contributed by atoms with Crippen molar-refractivity contribution < 1.29 is 4.79 Å². The molecule has 1 saturated heterocycles. The zero-order valence-corrected chi connectivity index (χ0v) is 15.1. The molecule has 1 N–H and O–H groups in total. The highest BCUT2D eigenvalue weighted by Crippen LogP contribution is 2.23. The second-order valence-corrected chi connectivity index (χ2v) is 7.05.